The van der Waals surface area contributed by atoms with Crippen LogP contribution in [0.15, 0.2) is 48.5 Å². The van der Waals surface area contributed by atoms with E-state index < -0.39 is 0 Å². The molecule has 0 bridgehead atoms. The molecule has 176 valence electrons. The summed E-state index contributed by atoms with van der Waals surface area (Å²) in [4.78, 5) is 43.3. The first kappa shape index (κ1) is 24.3. The van der Waals surface area contributed by atoms with Gasteiger partial charge in [-0.25, -0.2) is 4.79 Å². The number of carbonyl (C=O) groups is 3. The van der Waals surface area contributed by atoms with Gasteiger partial charge in [0.25, 0.3) is 11.8 Å². The van der Waals surface area contributed by atoms with E-state index in [4.69, 9.17) is 0 Å². The van der Waals surface area contributed by atoms with Crippen molar-refractivity contribution in [3.8, 4) is 0 Å². The molecule has 0 aliphatic carbocycles. The van der Waals surface area contributed by atoms with E-state index in [0.29, 0.717) is 56.9 Å². The van der Waals surface area contributed by atoms with Crippen LogP contribution in [0, 0.1) is 6.92 Å². The van der Waals surface area contributed by atoms with Gasteiger partial charge in [0, 0.05) is 56.9 Å². The van der Waals surface area contributed by atoms with Crippen molar-refractivity contribution in [1.82, 2.24) is 20.0 Å². The molecular weight excluding hydrogens is 416 g/mol. The highest BCUT2D eigenvalue weighted by molar-refractivity contribution is 5.95. The Morgan fingerprint density at radius 2 is 1.55 bits per heavy atom. The number of rotatable bonds is 6. The molecule has 1 fully saturated rings. The van der Waals surface area contributed by atoms with Gasteiger partial charge in [-0.3, -0.25) is 9.59 Å². The number of amides is 4. The summed E-state index contributed by atoms with van der Waals surface area (Å²) < 4.78 is 0. The number of urea groups is 1. The van der Waals surface area contributed by atoms with Crippen molar-refractivity contribution in [2.45, 2.75) is 33.7 Å². The Labute approximate surface area is 196 Å². The van der Waals surface area contributed by atoms with E-state index in [1.54, 1.807) is 9.80 Å². The Kier molecular flexibility index (Phi) is 8.46. The number of nitrogens with one attached hydrogen (secondary N) is 1. The van der Waals surface area contributed by atoms with Crippen LogP contribution < -0.4 is 5.32 Å². The number of carbonyl (C=O) groups excluding carboxylic acids is 3. The van der Waals surface area contributed by atoms with Crippen LogP contribution in [0.1, 0.15) is 52.1 Å². The van der Waals surface area contributed by atoms with Crippen molar-refractivity contribution in [2.75, 3.05) is 39.3 Å². The predicted molar refractivity (Wildman–Crippen MR) is 129 cm³/mol. The second-order valence-corrected chi connectivity index (χ2v) is 8.34. The van der Waals surface area contributed by atoms with Gasteiger partial charge >= 0.3 is 6.03 Å². The van der Waals surface area contributed by atoms with Crippen molar-refractivity contribution in [3.63, 3.8) is 0 Å². The lowest BCUT2D eigenvalue weighted by molar-refractivity contribution is 0.0758. The normalized spacial score (nSPS) is 13.9. The molecule has 0 atom stereocenters. The van der Waals surface area contributed by atoms with Crippen LogP contribution in [0.5, 0.6) is 0 Å². The quantitative estimate of drug-likeness (QED) is 0.732. The molecule has 1 saturated heterocycles. The highest BCUT2D eigenvalue weighted by Crippen LogP contribution is 2.12. The Morgan fingerprint density at radius 1 is 0.879 bits per heavy atom. The maximum absolute atomic E-state index is 12.8. The van der Waals surface area contributed by atoms with Crippen LogP contribution in [0.25, 0.3) is 0 Å². The van der Waals surface area contributed by atoms with Gasteiger partial charge in [-0.15, -0.1) is 0 Å². The number of hydrogen-bond acceptors (Lipinski definition) is 3. The predicted octanol–water partition coefficient (Wildman–Crippen LogP) is 3.53. The lowest BCUT2D eigenvalue weighted by Crippen LogP contribution is -2.42. The Bertz CT molecular complexity index is 970. The third kappa shape index (κ3) is 6.34. The van der Waals surface area contributed by atoms with Gasteiger partial charge in [-0.2, -0.15) is 0 Å². The minimum atomic E-state index is -0.136. The molecule has 0 spiro atoms. The standard InChI is InChI=1S/C26H34N4O3/c1-4-28(5-2)24(31)22-12-10-21(11-13-22)19-27-26(33)30-15-7-14-29(16-17-30)25(32)23-9-6-8-20(3)18-23/h6,8-13,18H,4-5,7,14-17,19H2,1-3H3,(H,27,33). The molecule has 33 heavy (non-hydrogen) atoms. The molecule has 0 unspecified atom stereocenters. The Hall–Kier alpha value is -3.35. The molecule has 0 radical (unpaired) electrons. The average molecular weight is 451 g/mol. The zero-order chi connectivity index (χ0) is 23.8. The fraction of sp³-hybridized carbons (Fsp3) is 0.423. The van der Waals surface area contributed by atoms with Gasteiger partial charge in [-0.1, -0.05) is 29.8 Å². The van der Waals surface area contributed by atoms with Crippen LogP contribution in [0.2, 0.25) is 0 Å². The fourth-order valence-corrected chi connectivity index (χ4v) is 4.03. The van der Waals surface area contributed by atoms with Crippen molar-refractivity contribution < 1.29 is 14.4 Å². The smallest absolute Gasteiger partial charge is 0.317 e. The first-order valence-electron chi connectivity index (χ1n) is 11.7. The highest BCUT2D eigenvalue weighted by atomic mass is 16.2. The van der Waals surface area contributed by atoms with Gasteiger partial charge in [0.1, 0.15) is 0 Å². The van der Waals surface area contributed by atoms with Gasteiger partial charge in [0.05, 0.1) is 0 Å². The molecule has 1 aliphatic rings. The van der Waals surface area contributed by atoms with Crippen LogP contribution >= 0.6 is 0 Å². The Balaban J connectivity index is 1.51. The number of aryl methyl sites for hydroxylation is 1. The summed E-state index contributed by atoms with van der Waals surface area (Å²) in [6, 6.07) is 14.8. The van der Waals surface area contributed by atoms with E-state index in [2.05, 4.69) is 5.32 Å². The topological polar surface area (TPSA) is 73.0 Å². The molecule has 1 heterocycles. The largest absolute Gasteiger partial charge is 0.339 e. The Morgan fingerprint density at radius 3 is 2.21 bits per heavy atom. The zero-order valence-corrected chi connectivity index (χ0v) is 19.8. The maximum atomic E-state index is 12.8. The zero-order valence-electron chi connectivity index (χ0n) is 19.8. The van der Waals surface area contributed by atoms with Gasteiger partial charge in [0.15, 0.2) is 0 Å². The van der Waals surface area contributed by atoms with E-state index in [1.165, 1.54) is 0 Å². The van der Waals surface area contributed by atoms with Crippen molar-refractivity contribution in [2.24, 2.45) is 0 Å². The van der Waals surface area contributed by atoms with Gasteiger partial charge in [0.2, 0.25) is 0 Å². The van der Waals surface area contributed by atoms with E-state index in [1.807, 2.05) is 74.2 Å². The number of benzene rings is 2. The molecule has 2 aromatic carbocycles. The minimum absolute atomic E-state index is 0.0142. The number of hydrogen-bond donors (Lipinski definition) is 1. The molecule has 7 nitrogen and oxygen atoms in total. The fourth-order valence-electron chi connectivity index (χ4n) is 4.03. The molecular formula is C26H34N4O3. The summed E-state index contributed by atoms with van der Waals surface area (Å²) in [7, 11) is 0. The molecule has 1 aliphatic heterocycles. The molecule has 4 amide bonds. The van der Waals surface area contributed by atoms with E-state index in [-0.39, 0.29) is 17.8 Å². The highest BCUT2D eigenvalue weighted by Gasteiger charge is 2.23. The third-order valence-corrected chi connectivity index (χ3v) is 6.03. The van der Waals surface area contributed by atoms with Crippen molar-refractivity contribution in [1.29, 1.82) is 0 Å². The molecule has 1 N–H and O–H groups in total. The van der Waals surface area contributed by atoms with Crippen LogP contribution in [0.3, 0.4) is 0 Å². The van der Waals surface area contributed by atoms with Crippen LogP contribution in [-0.2, 0) is 6.54 Å². The van der Waals surface area contributed by atoms with Gasteiger partial charge < -0.3 is 20.0 Å². The van der Waals surface area contributed by atoms with E-state index >= 15 is 0 Å². The number of nitrogens with zero attached hydrogens (tertiary/aromatic N) is 3. The molecule has 3 rings (SSSR count). The summed E-state index contributed by atoms with van der Waals surface area (Å²) in [5.41, 5.74) is 3.34. The first-order chi connectivity index (χ1) is 15.9. The average Bonchev–Trinajstić information content (AvgIpc) is 3.09. The lowest BCUT2D eigenvalue weighted by Gasteiger charge is -2.23. The van der Waals surface area contributed by atoms with E-state index in [0.717, 1.165) is 17.5 Å². The van der Waals surface area contributed by atoms with Crippen LogP contribution in [0.4, 0.5) is 4.79 Å². The second kappa shape index (κ2) is 11.5. The van der Waals surface area contributed by atoms with E-state index in [9.17, 15) is 14.4 Å². The summed E-state index contributed by atoms with van der Waals surface area (Å²) in [6.45, 7) is 9.91. The summed E-state index contributed by atoms with van der Waals surface area (Å²) >= 11 is 0. The summed E-state index contributed by atoms with van der Waals surface area (Å²) in [6.07, 6.45) is 0.743. The molecule has 2 aromatic rings. The lowest BCUT2D eigenvalue weighted by atomic mass is 10.1. The SMILES string of the molecule is CCN(CC)C(=O)c1ccc(CNC(=O)N2CCCN(C(=O)c3cccc(C)c3)CC2)cc1. The summed E-state index contributed by atoms with van der Waals surface area (Å²) in [5.74, 6) is 0.0326. The monoisotopic (exact) mass is 450 g/mol. The minimum Gasteiger partial charge on any atom is -0.339 e. The van der Waals surface area contributed by atoms with Gasteiger partial charge in [-0.05, 0) is 57.0 Å². The van der Waals surface area contributed by atoms with Crippen LogP contribution in [-0.4, -0.2) is 71.8 Å². The summed E-state index contributed by atoms with van der Waals surface area (Å²) in [5, 5.41) is 2.96. The molecule has 0 aromatic heterocycles. The second-order valence-electron chi connectivity index (χ2n) is 8.34. The maximum Gasteiger partial charge on any atom is 0.317 e. The first-order valence-corrected chi connectivity index (χ1v) is 11.7. The van der Waals surface area contributed by atoms with Crippen molar-refractivity contribution in [3.05, 3.63) is 70.8 Å². The van der Waals surface area contributed by atoms with Crippen molar-refractivity contribution >= 4 is 17.8 Å². The molecule has 0 saturated carbocycles. The molecule has 7 heteroatoms. The third-order valence-electron chi connectivity index (χ3n) is 6.03.